The number of nitrogens with zero attached hydrogens (tertiary/aromatic N) is 3. The molecule has 1 aliphatic heterocycles. The van der Waals surface area contributed by atoms with Crippen molar-refractivity contribution in [2.75, 3.05) is 50.5 Å². The first-order valence-electron chi connectivity index (χ1n) is 6.87. The number of anilines is 2. The van der Waals surface area contributed by atoms with E-state index in [-0.39, 0.29) is 6.61 Å². The third kappa shape index (κ3) is 4.65. The van der Waals surface area contributed by atoms with E-state index in [0.717, 1.165) is 24.7 Å². The lowest BCUT2D eigenvalue weighted by Gasteiger charge is -2.29. The molecular formula is C13H23N5O. The zero-order valence-corrected chi connectivity index (χ0v) is 11.5. The molecule has 0 aliphatic carbocycles. The molecule has 1 saturated heterocycles. The molecule has 0 aromatic carbocycles. The summed E-state index contributed by atoms with van der Waals surface area (Å²) in [4.78, 5) is 10.7. The van der Waals surface area contributed by atoms with E-state index in [1.807, 2.05) is 6.07 Å². The summed E-state index contributed by atoms with van der Waals surface area (Å²) >= 11 is 0. The molecule has 2 rings (SSSR count). The van der Waals surface area contributed by atoms with Gasteiger partial charge in [0.2, 0.25) is 0 Å². The van der Waals surface area contributed by atoms with Gasteiger partial charge in [-0.3, -0.25) is 0 Å². The lowest BCUT2D eigenvalue weighted by Crippen LogP contribution is -2.35. The monoisotopic (exact) mass is 265 g/mol. The van der Waals surface area contributed by atoms with Crippen molar-refractivity contribution in [2.24, 2.45) is 5.92 Å². The van der Waals surface area contributed by atoms with Crippen molar-refractivity contribution in [3.63, 3.8) is 0 Å². The second-order valence-electron chi connectivity index (χ2n) is 5.09. The number of likely N-dealkylation sites (tertiary alicyclic amines) is 1. The van der Waals surface area contributed by atoms with Crippen LogP contribution in [0.25, 0.3) is 0 Å². The van der Waals surface area contributed by atoms with Gasteiger partial charge in [-0.1, -0.05) is 0 Å². The molecule has 1 fully saturated rings. The standard InChI is InChI=1S/C13H23N5O/c1-18-5-2-3-11(9-18)8-15-13-7-12(14-4-6-19)16-10-17-13/h7,10-11,19H,2-6,8-9H2,1H3,(H2,14,15,16,17). The Balaban J connectivity index is 1.81. The van der Waals surface area contributed by atoms with Gasteiger partial charge in [-0.25, -0.2) is 9.97 Å². The zero-order chi connectivity index (χ0) is 13.5. The van der Waals surface area contributed by atoms with Crippen molar-refractivity contribution in [3.05, 3.63) is 12.4 Å². The van der Waals surface area contributed by atoms with Gasteiger partial charge < -0.3 is 20.6 Å². The average molecular weight is 265 g/mol. The smallest absolute Gasteiger partial charge is 0.131 e. The second kappa shape index (κ2) is 7.25. The quantitative estimate of drug-likeness (QED) is 0.701. The van der Waals surface area contributed by atoms with Crippen LogP contribution in [0, 0.1) is 5.92 Å². The van der Waals surface area contributed by atoms with Gasteiger partial charge in [0.15, 0.2) is 0 Å². The molecule has 1 aliphatic rings. The van der Waals surface area contributed by atoms with Crippen molar-refractivity contribution < 1.29 is 5.11 Å². The maximum atomic E-state index is 8.77. The van der Waals surface area contributed by atoms with Crippen molar-refractivity contribution in [3.8, 4) is 0 Å². The van der Waals surface area contributed by atoms with Crippen molar-refractivity contribution in [1.82, 2.24) is 14.9 Å². The van der Waals surface area contributed by atoms with Crippen LogP contribution in [0.2, 0.25) is 0 Å². The number of piperidine rings is 1. The summed E-state index contributed by atoms with van der Waals surface area (Å²) in [6, 6.07) is 1.88. The van der Waals surface area contributed by atoms with Gasteiger partial charge in [-0.05, 0) is 32.4 Å². The molecule has 0 amide bonds. The summed E-state index contributed by atoms with van der Waals surface area (Å²) in [5.41, 5.74) is 0. The van der Waals surface area contributed by atoms with Crippen LogP contribution < -0.4 is 10.6 Å². The number of aliphatic hydroxyl groups is 1. The molecule has 0 spiro atoms. The lowest BCUT2D eigenvalue weighted by molar-refractivity contribution is 0.217. The number of hydrogen-bond donors (Lipinski definition) is 3. The predicted molar refractivity (Wildman–Crippen MR) is 76.3 cm³/mol. The largest absolute Gasteiger partial charge is 0.395 e. The molecule has 1 aromatic rings. The first-order valence-corrected chi connectivity index (χ1v) is 6.87. The van der Waals surface area contributed by atoms with E-state index in [4.69, 9.17) is 5.11 Å². The molecule has 0 saturated carbocycles. The molecule has 1 aromatic heterocycles. The number of hydrogen-bond acceptors (Lipinski definition) is 6. The number of aliphatic hydroxyl groups excluding tert-OH is 1. The molecule has 19 heavy (non-hydrogen) atoms. The van der Waals surface area contributed by atoms with Gasteiger partial charge in [0, 0.05) is 25.7 Å². The highest BCUT2D eigenvalue weighted by Crippen LogP contribution is 2.16. The Kier molecular flexibility index (Phi) is 5.35. The first kappa shape index (κ1) is 14.0. The van der Waals surface area contributed by atoms with E-state index in [2.05, 4.69) is 32.5 Å². The van der Waals surface area contributed by atoms with Crippen molar-refractivity contribution in [1.29, 1.82) is 0 Å². The molecule has 1 unspecified atom stereocenters. The highest BCUT2D eigenvalue weighted by Gasteiger charge is 2.16. The summed E-state index contributed by atoms with van der Waals surface area (Å²) in [6.07, 6.45) is 4.09. The van der Waals surface area contributed by atoms with Crippen LogP contribution in [0.15, 0.2) is 12.4 Å². The minimum atomic E-state index is 0.0984. The van der Waals surface area contributed by atoms with E-state index in [0.29, 0.717) is 12.5 Å². The maximum Gasteiger partial charge on any atom is 0.131 e. The summed E-state index contributed by atoms with van der Waals surface area (Å²) in [6.45, 7) is 3.90. The molecule has 106 valence electrons. The fraction of sp³-hybridized carbons (Fsp3) is 0.692. The SMILES string of the molecule is CN1CCCC(CNc2cc(NCCO)ncn2)C1. The molecule has 6 heteroatoms. The fourth-order valence-corrected chi connectivity index (χ4v) is 2.42. The average Bonchev–Trinajstić information content (AvgIpc) is 2.43. The number of rotatable bonds is 6. The Bertz CT molecular complexity index is 387. The molecule has 0 bridgehead atoms. The summed E-state index contributed by atoms with van der Waals surface area (Å²) in [5.74, 6) is 2.26. The van der Waals surface area contributed by atoms with Gasteiger partial charge in [0.05, 0.1) is 6.61 Å². The normalized spacial score (nSPS) is 20.2. The minimum Gasteiger partial charge on any atom is -0.395 e. The number of aromatic nitrogens is 2. The predicted octanol–water partition coefficient (Wildman–Crippen LogP) is 0.634. The van der Waals surface area contributed by atoms with E-state index in [9.17, 15) is 0 Å². The van der Waals surface area contributed by atoms with E-state index >= 15 is 0 Å². The van der Waals surface area contributed by atoms with Crippen LogP contribution in [0.5, 0.6) is 0 Å². The van der Waals surface area contributed by atoms with Gasteiger partial charge in [-0.2, -0.15) is 0 Å². The topological polar surface area (TPSA) is 73.3 Å². The van der Waals surface area contributed by atoms with Gasteiger partial charge in [-0.15, -0.1) is 0 Å². The third-order valence-electron chi connectivity index (χ3n) is 3.38. The Labute approximate surface area is 114 Å². The van der Waals surface area contributed by atoms with E-state index in [1.54, 1.807) is 0 Å². The molecule has 2 heterocycles. The lowest BCUT2D eigenvalue weighted by atomic mass is 9.98. The van der Waals surface area contributed by atoms with Gasteiger partial charge >= 0.3 is 0 Å². The molecule has 1 atom stereocenters. The van der Waals surface area contributed by atoms with Gasteiger partial charge in [0.1, 0.15) is 18.0 Å². The van der Waals surface area contributed by atoms with Crippen molar-refractivity contribution in [2.45, 2.75) is 12.8 Å². The van der Waals surface area contributed by atoms with Crippen LogP contribution in [-0.4, -0.2) is 59.8 Å². The maximum absolute atomic E-state index is 8.77. The van der Waals surface area contributed by atoms with Crippen LogP contribution in [0.4, 0.5) is 11.6 Å². The molecule has 6 nitrogen and oxygen atoms in total. The number of nitrogens with one attached hydrogen (secondary N) is 2. The van der Waals surface area contributed by atoms with E-state index in [1.165, 1.54) is 25.7 Å². The summed E-state index contributed by atoms with van der Waals surface area (Å²) in [5, 5.41) is 15.2. The fourth-order valence-electron chi connectivity index (χ4n) is 2.42. The Morgan fingerprint density at radius 2 is 2.16 bits per heavy atom. The first-order chi connectivity index (χ1) is 9.28. The molecule has 3 N–H and O–H groups in total. The van der Waals surface area contributed by atoms with Crippen LogP contribution in [0.1, 0.15) is 12.8 Å². The third-order valence-corrected chi connectivity index (χ3v) is 3.38. The second-order valence-corrected chi connectivity index (χ2v) is 5.09. The molecular weight excluding hydrogens is 242 g/mol. The van der Waals surface area contributed by atoms with E-state index < -0.39 is 0 Å². The minimum absolute atomic E-state index is 0.0984. The highest BCUT2D eigenvalue weighted by molar-refractivity contribution is 5.46. The van der Waals surface area contributed by atoms with Gasteiger partial charge in [0.25, 0.3) is 0 Å². The highest BCUT2D eigenvalue weighted by atomic mass is 16.3. The Morgan fingerprint density at radius 1 is 1.37 bits per heavy atom. The summed E-state index contributed by atoms with van der Waals surface area (Å²) < 4.78 is 0. The Hall–Kier alpha value is -1.40. The summed E-state index contributed by atoms with van der Waals surface area (Å²) in [7, 11) is 2.17. The van der Waals surface area contributed by atoms with Crippen LogP contribution in [-0.2, 0) is 0 Å². The molecule has 0 radical (unpaired) electrons. The van der Waals surface area contributed by atoms with Crippen LogP contribution >= 0.6 is 0 Å². The van der Waals surface area contributed by atoms with Crippen LogP contribution in [0.3, 0.4) is 0 Å². The Morgan fingerprint density at radius 3 is 2.89 bits per heavy atom. The van der Waals surface area contributed by atoms with Crippen molar-refractivity contribution >= 4 is 11.6 Å². The zero-order valence-electron chi connectivity index (χ0n) is 11.5.